The van der Waals surface area contributed by atoms with Gasteiger partial charge in [0.25, 0.3) is 0 Å². The van der Waals surface area contributed by atoms with Gasteiger partial charge in [0.1, 0.15) is 12.7 Å². The van der Waals surface area contributed by atoms with Crippen molar-refractivity contribution in [2.75, 3.05) is 13.2 Å². The summed E-state index contributed by atoms with van der Waals surface area (Å²) in [5.74, 6) is 0. The van der Waals surface area contributed by atoms with Crippen molar-refractivity contribution >= 4 is 22.9 Å². The van der Waals surface area contributed by atoms with E-state index < -0.39 is 10.2 Å². The molecular weight excluding hydrogens is 194 g/mol. The van der Waals surface area contributed by atoms with E-state index in [1.807, 2.05) is 18.6 Å². The summed E-state index contributed by atoms with van der Waals surface area (Å²) in [5, 5.41) is 0. The summed E-state index contributed by atoms with van der Waals surface area (Å²) in [6.45, 7) is 5.67. The Balaban J connectivity index is 0.000000252. The minimum atomic E-state index is -3.41. The number of nitrogens with one attached hydrogen (secondary N) is 1. The molecule has 0 aliphatic carbocycles. The molecule has 0 bridgehead atoms. The predicted molar refractivity (Wildman–Crippen MR) is 51.2 cm³/mol. The Kier molecular flexibility index (Phi) is 6.07. The lowest BCUT2D eigenvalue weighted by molar-refractivity contribution is 0.162. The second-order valence-corrected chi connectivity index (χ2v) is 3.27. The van der Waals surface area contributed by atoms with E-state index in [2.05, 4.69) is 9.39 Å². The minimum Gasteiger partial charge on any atom is -0.382 e. The summed E-state index contributed by atoms with van der Waals surface area (Å²) in [6.07, 6.45) is 2.02. The van der Waals surface area contributed by atoms with Crippen LogP contribution in [0.4, 0.5) is 0 Å². The fourth-order valence-electron chi connectivity index (χ4n) is 0.454. The zero-order chi connectivity index (χ0) is 10.2. The van der Waals surface area contributed by atoms with Crippen molar-refractivity contribution < 1.29 is 13.2 Å². The summed E-state index contributed by atoms with van der Waals surface area (Å²) in [4.78, 5) is 3.37. The Bertz CT molecular complexity index is 269. The van der Waals surface area contributed by atoms with Crippen molar-refractivity contribution in [3.8, 4) is 0 Å². The second kappa shape index (κ2) is 6.55. The van der Waals surface area contributed by atoms with Gasteiger partial charge in [0.2, 0.25) is 0 Å². The van der Waals surface area contributed by atoms with Gasteiger partial charge in [0.05, 0.1) is 0 Å². The smallest absolute Gasteiger partial charge is 0.344 e. The van der Waals surface area contributed by atoms with Crippen LogP contribution in [0.15, 0.2) is 9.39 Å². The highest BCUT2D eigenvalue weighted by Gasteiger charge is 2.03. The van der Waals surface area contributed by atoms with Crippen molar-refractivity contribution in [1.29, 1.82) is 0 Å². The molecule has 0 aromatic heterocycles. The number of ether oxygens (including phenoxy) is 1. The molecule has 0 saturated heterocycles. The molecule has 0 fully saturated rings. The van der Waals surface area contributed by atoms with E-state index in [0.29, 0.717) is 0 Å². The van der Waals surface area contributed by atoms with Crippen molar-refractivity contribution in [3.05, 3.63) is 0 Å². The molecule has 0 spiro atoms. The van der Waals surface area contributed by atoms with Gasteiger partial charge >= 0.3 is 10.2 Å². The first-order valence-corrected chi connectivity index (χ1v) is 5.21. The van der Waals surface area contributed by atoms with Crippen LogP contribution in [0.25, 0.3) is 0 Å². The molecule has 1 aliphatic heterocycles. The molecule has 0 saturated carbocycles. The molecule has 0 amide bonds. The van der Waals surface area contributed by atoms with E-state index in [1.165, 1.54) is 0 Å². The van der Waals surface area contributed by atoms with E-state index in [-0.39, 0.29) is 0 Å². The molecule has 7 heteroatoms. The van der Waals surface area contributed by atoms with E-state index in [9.17, 15) is 8.42 Å². The van der Waals surface area contributed by atoms with E-state index in [0.717, 1.165) is 25.9 Å². The van der Waals surface area contributed by atoms with Gasteiger partial charge in [-0.05, 0) is 13.8 Å². The van der Waals surface area contributed by atoms with Crippen LogP contribution in [0.2, 0.25) is 0 Å². The van der Waals surface area contributed by atoms with Crippen LogP contribution in [0.5, 0.6) is 0 Å². The van der Waals surface area contributed by atoms with E-state index in [4.69, 9.17) is 4.74 Å². The molecule has 76 valence electrons. The number of nitrogens with zero attached hydrogens (tertiary/aromatic N) is 2. The topological polar surface area (TPSA) is 80.1 Å². The predicted octanol–water partition coefficient (Wildman–Crippen LogP) is -0.0662. The second-order valence-electron chi connectivity index (χ2n) is 1.87. The van der Waals surface area contributed by atoms with Gasteiger partial charge in [-0.1, -0.05) is 0 Å². The first-order valence-electron chi connectivity index (χ1n) is 3.77. The van der Waals surface area contributed by atoms with Crippen LogP contribution in [0.3, 0.4) is 0 Å². The molecule has 1 rings (SSSR count). The highest BCUT2D eigenvalue weighted by Crippen LogP contribution is 1.84. The van der Waals surface area contributed by atoms with Crippen LogP contribution in [0.1, 0.15) is 13.8 Å². The number of hydrogen-bond acceptors (Lipinski definition) is 4. The maximum atomic E-state index is 10.3. The largest absolute Gasteiger partial charge is 0.382 e. The first-order chi connectivity index (χ1) is 6.12. The van der Waals surface area contributed by atoms with Gasteiger partial charge < -0.3 is 4.74 Å². The van der Waals surface area contributed by atoms with Crippen LogP contribution in [-0.4, -0.2) is 34.3 Å². The Morgan fingerprint density at radius 3 is 2.15 bits per heavy atom. The number of aliphatic imine (C=N–C) groups is 1. The standard InChI is InChI=1S/C4H10O.C2H3N3O2S/c1-3-5-4-2;6-8(7)4-1-3-2-5-8/h3-4H2,1-2H3;1-2H,(H,3,4,5). The van der Waals surface area contributed by atoms with Crippen molar-refractivity contribution in [3.63, 3.8) is 0 Å². The normalized spacial score (nSPS) is 17.1. The number of rotatable bonds is 2. The Morgan fingerprint density at radius 1 is 1.38 bits per heavy atom. The molecular formula is C6H13N3O3S. The van der Waals surface area contributed by atoms with Crippen molar-refractivity contribution in [1.82, 2.24) is 4.72 Å². The summed E-state index contributed by atoms with van der Waals surface area (Å²) in [5.41, 5.74) is 0. The van der Waals surface area contributed by atoms with Crippen molar-refractivity contribution in [2.24, 2.45) is 9.39 Å². The van der Waals surface area contributed by atoms with Crippen LogP contribution in [-0.2, 0) is 14.9 Å². The summed E-state index contributed by atoms with van der Waals surface area (Å²) < 4.78 is 30.3. The molecule has 0 atom stereocenters. The summed E-state index contributed by atoms with van der Waals surface area (Å²) in [7, 11) is -3.41. The Hall–Kier alpha value is -0.950. The molecule has 0 unspecified atom stereocenters. The van der Waals surface area contributed by atoms with Gasteiger partial charge in [-0.2, -0.15) is 8.42 Å². The third-order valence-corrected chi connectivity index (χ3v) is 1.71. The zero-order valence-corrected chi connectivity index (χ0v) is 8.41. The lowest BCUT2D eigenvalue weighted by Crippen LogP contribution is -2.21. The molecule has 6 nitrogen and oxygen atoms in total. The van der Waals surface area contributed by atoms with Gasteiger partial charge in [-0.15, -0.1) is 4.40 Å². The summed E-state index contributed by atoms with van der Waals surface area (Å²) in [6, 6.07) is 0. The minimum absolute atomic E-state index is 0.844. The van der Waals surface area contributed by atoms with E-state index >= 15 is 0 Å². The monoisotopic (exact) mass is 207 g/mol. The maximum absolute atomic E-state index is 10.3. The van der Waals surface area contributed by atoms with E-state index in [1.54, 1.807) is 0 Å². The highest BCUT2D eigenvalue weighted by atomic mass is 32.2. The molecule has 1 aliphatic rings. The van der Waals surface area contributed by atoms with Crippen molar-refractivity contribution in [2.45, 2.75) is 13.8 Å². The molecule has 13 heavy (non-hydrogen) atoms. The van der Waals surface area contributed by atoms with Crippen LogP contribution >= 0.6 is 0 Å². The molecule has 1 heterocycles. The molecule has 0 aromatic rings. The quantitative estimate of drug-likeness (QED) is 0.688. The van der Waals surface area contributed by atoms with Crippen LogP contribution in [0, 0.1) is 0 Å². The lowest BCUT2D eigenvalue weighted by Gasteiger charge is -1.96. The Morgan fingerprint density at radius 2 is 2.00 bits per heavy atom. The average molecular weight is 207 g/mol. The first kappa shape index (κ1) is 12.0. The van der Waals surface area contributed by atoms with Gasteiger partial charge in [-0.25, -0.2) is 4.99 Å². The fourth-order valence-corrected chi connectivity index (χ4v) is 0.888. The lowest BCUT2D eigenvalue weighted by atomic mass is 10.8. The number of hydrogen-bond donors (Lipinski definition) is 1. The third kappa shape index (κ3) is 7.41. The summed E-state index contributed by atoms with van der Waals surface area (Å²) >= 11 is 0. The SMILES string of the molecule is CCOCC.O=S1(=O)N=CN=CN1. The maximum Gasteiger partial charge on any atom is 0.344 e. The Labute approximate surface area is 77.9 Å². The average Bonchev–Trinajstić information content (AvgIpc) is 2.06. The zero-order valence-electron chi connectivity index (χ0n) is 7.60. The molecule has 0 aromatic carbocycles. The van der Waals surface area contributed by atoms with Gasteiger partial charge in [0, 0.05) is 13.2 Å². The van der Waals surface area contributed by atoms with Crippen LogP contribution < -0.4 is 4.72 Å². The molecule has 0 radical (unpaired) electrons. The third-order valence-electron chi connectivity index (χ3n) is 0.937. The highest BCUT2D eigenvalue weighted by molar-refractivity contribution is 7.88. The van der Waals surface area contributed by atoms with Gasteiger partial charge in [0.15, 0.2) is 0 Å². The fraction of sp³-hybridized carbons (Fsp3) is 0.667. The van der Waals surface area contributed by atoms with Gasteiger partial charge in [-0.3, -0.25) is 4.72 Å². The molecule has 1 N–H and O–H groups in total.